The largest absolute Gasteiger partial charge is 0.494 e. The third-order valence-corrected chi connectivity index (χ3v) is 3.44. The van der Waals surface area contributed by atoms with E-state index < -0.39 is 0 Å². The summed E-state index contributed by atoms with van der Waals surface area (Å²) in [6, 6.07) is 14.2. The second-order valence-corrected chi connectivity index (χ2v) is 5.25. The Bertz CT molecular complexity index is 696. The number of amides is 2. The van der Waals surface area contributed by atoms with Crippen molar-refractivity contribution in [3.05, 3.63) is 59.7 Å². The summed E-state index contributed by atoms with van der Waals surface area (Å²) in [5, 5.41) is 5.33. The summed E-state index contributed by atoms with van der Waals surface area (Å²) in [5.74, 6) is 1.01. The van der Waals surface area contributed by atoms with Crippen molar-refractivity contribution >= 4 is 11.8 Å². The van der Waals surface area contributed by atoms with E-state index in [-0.39, 0.29) is 18.4 Å². The van der Waals surface area contributed by atoms with E-state index in [1.807, 2.05) is 6.92 Å². The number of hydrogen-bond donors (Lipinski definition) is 2. The number of carbonyl (C=O) groups excluding carboxylic acids is 2. The van der Waals surface area contributed by atoms with Gasteiger partial charge in [0.15, 0.2) is 6.61 Å². The van der Waals surface area contributed by atoms with Crippen LogP contribution in [0.5, 0.6) is 11.5 Å². The van der Waals surface area contributed by atoms with Crippen LogP contribution >= 0.6 is 0 Å². The van der Waals surface area contributed by atoms with E-state index in [2.05, 4.69) is 10.6 Å². The molecule has 2 amide bonds. The van der Waals surface area contributed by atoms with Crippen LogP contribution in [0.4, 0.5) is 0 Å². The van der Waals surface area contributed by atoms with E-state index in [1.54, 1.807) is 55.6 Å². The molecule has 0 fully saturated rings. The van der Waals surface area contributed by atoms with E-state index in [9.17, 15) is 9.59 Å². The molecule has 0 spiro atoms. The SMILES string of the molecule is CCOc1ccc(OCC(=O)NCc2ccc(C(=O)NC)cc2)cc1. The lowest BCUT2D eigenvalue weighted by Gasteiger charge is -2.09. The lowest BCUT2D eigenvalue weighted by molar-refractivity contribution is -0.123. The van der Waals surface area contributed by atoms with Gasteiger partial charge in [-0.1, -0.05) is 12.1 Å². The number of hydrogen-bond acceptors (Lipinski definition) is 4. The van der Waals surface area contributed by atoms with Crippen LogP contribution in [0.2, 0.25) is 0 Å². The van der Waals surface area contributed by atoms with Crippen LogP contribution in [0.1, 0.15) is 22.8 Å². The Morgan fingerprint density at radius 3 is 2.08 bits per heavy atom. The van der Waals surface area contributed by atoms with Gasteiger partial charge in [-0.25, -0.2) is 0 Å². The predicted octanol–water partition coefficient (Wildman–Crippen LogP) is 2.14. The van der Waals surface area contributed by atoms with Gasteiger partial charge in [0, 0.05) is 19.2 Å². The normalized spacial score (nSPS) is 10.0. The van der Waals surface area contributed by atoms with Crippen molar-refractivity contribution in [1.82, 2.24) is 10.6 Å². The fraction of sp³-hybridized carbons (Fsp3) is 0.263. The molecule has 25 heavy (non-hydrogen) atoms. The van der Waals surface area contributed by atoms with E-state index in [0.29, 0.717) is 24.5 Å². The molecule has 2 aromatic carbocycles. The van der Waals surface area contributed by atoms with Gasteiger partial charge in [-0.15, -0.1) is 0 Å². The molecule has 0 bridgehead atoms. The molecule has 2 N–H and O–H groups in total. The molecule has 0 saturated carbocycles. The highest BCUT2D eigenvalue weighted by molar-refractivity contribution is 5.93. The van der Waals surface area contributed by atoms with Crippen LogP contribution in [0.3, 0.4) is 0 Å². The first-order chi connectivity index (χ1) is 12.1. The minimum absolute atomic E-state index is 0.0652. The highest BCUT2D eigenvalue weighted by Gasteiger charge is 2.05. The molecule has 0 aromatic heterocycles. The topological polar surface area (TPSA) is 76.7 Å². The molecule has 0 atom stereocenters. The predicted molar refractivity (Wildman–Crippen MR) is 94.8 cm³/mol. The van der Waals surface area contributed by atoms with Crippen molar-refractivity contribution in [1.29, 1.82) is 0 Å². The second kappa shape index (κ2) is 9.32. The van der Waals surface area contributed by atoms with Crippen molar-refractivity contribution in [2.45, 2.75) is 13.5 Å². The fourth-order valence-electron chi connectivity index (χ4n) is 2.12. The molecular weight excluding hydrogens is 320 g/mol. The summed E-state index contributed by atoms with van der Waals surface area (Å²) in [6.45, 7) is 2.83. The molecule has 2 rings (SSSR count). The summed E-state index contributed by atoms with van der Waals surface area (Å²) >= 11 is 0. The molecule has 0 radical (unpaired) electrons. The summed E-state index contributed by atoms with van der Waals surface area (Å²) in [5.41, 5.74) is 1.48. The molecule has 0 heterocycles. The summed E-state index contributed by atoms with van der Waals surface area (Å²) < 4.78 is 10.8. The van der Waals surface area contributed by atoms with Crippen molar-refractivity contribution in [3.8, 4) is 11.5 Å². The van der Waals surface area contributed by atoms with Gasteiger partial charge in [0.05, 0.1) is 6.61 Å². The van der Waals surface area contributed by atoms with E-state index >= 15 is 0 Å². The van der Waals surface area contributed by atoms with Crippen molar-refractivity contribution in [2.24, 2.45) is 0 Å². The maximum atomic E-state index is 11.9. The van der Waals surface area contributed by atoms with Crippen LogP contribution in [0.25, 0.3) is 0 Å². The quantitative estimate of drug-likeness (QED) is 0.771. The lowest BCUT2D eigenvalue weighted by Crippen LogP contribution is -2.28. The zero-order valence-corrected chi connectivity index (χ0v) is 14.4. The highest BCUT2D eigenvalue weighted by atomic mass is 16.5. The fourth-order valence-corrected chi connectivity index (χ4v) is 2.12. The molecule has 0 unspecified atom stereocenters. The van der Waals surface area contributed by atoms with Gasteiger partial charge in [0.25, 0.3) is 11.8 Å². The Labute approximate surface area is 147 Å². The van der Waals surface area contributed by atoms with Gasteiger partial charge >= 0.3 is 0 Å². The Hall–Kier alpha value is -3.02. The van der Waals surface area contributed by atoms with Crippen molar-refractivity contribution in [2.75, 3.05) is 20.3 Å². The first-order valence-electron chi connectivity index (χ1n) is 8.05. The average Bonchev–Trinajstić information content (AvgIpc) is 2.66. The molecule has 0 aliphatic heterocycles. The maximum Gasteiger partial charge on any atom is 0.258 e. The van der Waals surface area contributed by atoms with Crippen LogP contribution in [0.15, 0.2) is 48.5 Å². The Morgan fingerprint density at radius 1 is 0.920 bits per heavy atom. The molecule has 0 saturated heterocycles. The Morgan fingerprint density at radius 2 is 1.52 bits per heavy atom. The summed E-state index contributed by atoms with van der Waals surface area (Å²) in [7, 11) is 1.58. The Balaban J connectivity index is 1.75. The molecule has 0 aliphatic carbocycles. The van der Waals surface area contributed by atoms with Gasteiger partial charge < -0.3 is 20.1 Å². The zero-order chi connectivity index (χ0) is 18.1. The van der Waals surface area contributed by atoms with Crippen LogP contribution in [0, 0.1) is 0 Å². The minimum Gasteiger partial charge on any atom is -0.494 e. The van der Waals surface area contributed by atoms with Crippen LogP contribution in [-0.4, -0.2) is 32.1 Å². The average molecular weight is 342 g/mol. The molecule has 2 aromatic rings. The van der Waals surface area contributed by atoms with Crippen LogP contribution < -0.4 is 20.1 Å². The summed E-state index contributed by atoms with van der Waals surface area (Å²) in [4.78, 5) is 23.3. The Kier molecular flexibility index (Phi) is 6.83. The van der Waals surface area contributed by atoms with E-state index in [4.69, 9.17) is 9.47 Å². The van der Waals surface area contributed by atoms with Gasteiger partial charge in [-0.05, 0) is 48.9 Å². The highest BCUT2D eigenvalue weighted by Crippen LogP contribution is 2.17. The lowest BCUT2D eigenvalue weighted by atomic mass is 10.1. The van der Waals surface area contributed by atoms with Crippen molar-refractivity contribution in [3.63, 3.8) is 0 Å². The zero-order valence-electron chi connectivity index (χ0n) is 14.4. The van der Waals surface area contributed by atoms with Gasteiger partial charge in [0.2, 0.25) is 0 Å². The first-order valence-corrected chi connectivity index (χ1v) is 8.05. The molecule has 0 aliphatic rings. The number of rotatable bonds is 8. The number of carbonyl (C=O) groups is 2. The molecular formula is C19H22N2O4. The summed E-state index contributed by atoms with van der Waals surface area (Å²) in [6.07, 6.45) is 0. The monoisotopic (exact) mass is 342 g/mol. The third-order valence-electron chi connectivity index (χ3n) is 3.44. The molecule has 6 nitrogen and oxygen atoms in total. The standard InChI is InChI=1S/C19H22N2O4/c1-3-24-16-8-10-17(11-9-16)25-13-18(22)21-12-14-4-6-15(7-5-14)19(23)20-2/h4-11H,3,12-13H2,1-2H3,(H,20,23)(H,21,22). The van der Waals surface area contributed by atoms with Gasteiger partial charge in [-0.3, -0.25) is 9.59 Å². The minimum atomic E-state index is -0.218. The smallest absolute Gasteiger partial charge is 0.258 e. The van der Waals surface area contributed by atoms with Crippen LogP contribution in [-0.2, 0) is 11.3 Å². The first kappa shape index (κ1) is 18.3. The third kappa shape index (κ3) is 5.84. The number of ether oxygens (including phenoxy) is 2. The molecule has 132 valence electrons. The number of benzene rings is 2. The molecule has 6 heteroatoms. The number of nitrogens with one attached hydrogen (secondary N) is 2. The van der Waals surface area contributed by atoms with Gasteiger partial charge in [-0.2, -0.15) is 0 Å². The maximum absolute atomic E-state index is 11.9. The van der Waals surface area contributed by atoms with Gasteiger partial charge in [0.1, 0.15) is 11.5 Å². The van der Waals surface area contributed by atoms with E-state index in [1.165, 1.54) is 0 Å². The van der Waals surface area contributed by atoms with Crippen molar-refractivity contribution < 1.29 is 19.1 Å². The second-order valence-electron chi connectivity index (χ2n) is 5.25. The van der Waals surface area contributed by atoms with E-state index in [0.717, 1.165) is 11.3 Å².